The maximum Gasteiger partial charge on any atom is 0.245 e. The molecule has 0 atom stereocenters. The molecule has 9 heteroatoms. The Morgan fingerprint density at radius 3 is 2.60 bits per heavy atom. The van der Waals surface area contributed by atoms with Crippen LogP contribution in [0.1, 0.15) is 27.2 Å². The molecule has 20 heavy (non-hydrogen) atoms. The first-order valence-electron chi connectivity index (χ1n) is 6.22. The van der Waals surface area contributed by atoms with Crippen LogP contribution in [0.2, 0.25) is 0 Å². The predicted octanol–water partition coefficient (Wildman–Crippen LogP) is -0.335. The number of nitrogen functional groups attached to an aromatic ring is 1. The summed E-state index contributed by atoms with van der Waals surface area (Å²) in [5.74, 6) is -0.655. The molecule has 8 nitrogen and oxygen atoms in total. The van der Waals surface area contributed by atoms with Crippen LogP contribution in [0.3, 0.4) is 0 Å². The number of nitrogens with two attached hydrogens (primary N) is 2. The quantitative estimate of drug-likeness (QED) is 0.634. The molecule has 0 spiro atoms. The van der Waals surface area contributed by atoms with Crippen molar-refractivity contribution in [1.29, 1.82) is 0 Å². The van der Waals surface area contributed by atoms with E-state index in [0.29, 0.717) is 6.54 Å². The van der Waals surface area contributed by atoms with Crippen LogP contribution >= 0.6 is 0 Å². The largest absolute Gasteiger partial charge is 0.381 e. The fraction of sp³-hybridized carbons (Fsp3) is 0.636. The average molecular weight is 303 g/mol. The number of amides is 1. The van der Waals surface area contributed by atoms with Gasteiger partial charge in [-0.25, -0.2) is 13.1 Å². The summed E-state index contributed by atoms with van der Waals surface area (Å²) in [7, 11) is -3.82. The molecule has 1 aromatic rings. The first-order valence-corrected chi connectivity index (χ1v) is 7.71. The van der Waals surface area contributed by atoms with Crippen LogP contribution in [0.25, 0.3) is 0 Å². The van der Waals surface area contributed by atoms with Crippen LogP contribution < -0.4 is 16.2 Å². The number of nitrogens with zero attached hydrogens (tertiary/aromatic N) is 2. The number of primary amides is 1. The third kappa shape index (κ3) is 3.70. The molecule has 0 unspecified atom stereocenters. The molecule has 0 aliphatic rings. The van der Waals surface area contributed by atoms with Crippen molar-refractivity contribution >= 4 is 21.7 Å². The molecule has 5 N–H and O–H groups in total. The Morgan fingerprint density at radius 2 is 2.10 bits per heavy atom. The third-order valence-corrected chi connectivity index (χ3v) is 4.29. The van der Waals surface area contributed by atoms with Crippen LogP contribution in [0.4, 0.5) is 5.82 Å². The van der Waals surface area contributed by atoms with E-state index in [2.05, 4.69) is 9.82 Å². The van der Waals surface area contributed by atoms with Crippen molar-refractivity contribution in [3.8, 4) is 0 Å². The van der Waals surface area contributed by atoms with Gasteiger partial charge < -0.3 is 11.5 Å². The monoisotopic (exact) mass is 303 g/mol. The van der Waals surface area contributed by atoms with Gasteiger partial charge in [0.25, 0.3) is 0 Å². The highest BCUT2D eigenvalue weighted by molar-refractivity contribution is 7.89. The molecule has 0 radical (unpaired) electrons. The first kappa shape index (κ1) is 16.4. The van der Waals surface area contributed by atoms with E-state index >= 15 is 0 Å². The second-order valence-electron chi connectivity index (χ2n) is 5.21. The molecular weight excluding hydrogens is 282 g/mol. The van der Waals surface area contributed by atoms with Crippen molar-refractivity contribution < 1.29 is 13.2 Å². The molecule has 0 aliphatic heterocycles. The third-order valence-electron chi connectivity index (χ3n) is 2.87. The van der Waals surface area contributed by atoms with Crippen LogP contribution in [-0.4, -0.2) is 30.7 Å². The van der Waals surface area contributed by atoms with Crippen molar-refractivity contribution in [2.75, 3.05) is 12.3 Å². The van der Waals surface area contributed by atoms with Crippen molar-refractivity contribution in [1.82, 2.24) is 14.5 Å². The van der Waals surface area contributed by atoms with Crippen molar-refractivity contribution in [2.24, 2.45) is 11.1 Å². The second kappa shape index (κ2) is 5.80. The zero-order chi connectivity index (χ0) is 15.6. The fourth-order valence-corrected chi connectivity index (χ4v) is 2.69. The summed E-state index contributed by atoms with van der Waals surface area (Å²) in [6, 6.07) is 0. The Labute approximate surface area is 118 Å². The van der Waals surface area contributed by atoms with Gasteiger partial charge in [0.2, 0.25) is 15.9 Å². The van der Waals surface area contributed by atoms with E-state index in [1.807, 2.05) is 6.92 Å². The predicted molar refractivity (Wildman–Crippen MR) is 75.1 cm³/mol. The lowest BCUT2D eigenvalue weighted by Crippen LogP contribution is -2.42. The molecule has 1 aromatic heterocycles. The number of anilines is 1. The highest BCUT2D eigenvalue weighted by atomic mass is 32.2. The highest BCUT2D eigenvalue weighted by Gasteiger charge is 2.29. The van der Waals surface area contributed by atoms with E-state index in [1.54, 1.807) is 13.8 Å². The summed E-state index contributed by atoms with van der Waals surface area (Å²) in [5, 5.41) is 3.93. The van der Waals surface area contributed by atoms with E-state index in [-0.39, 0.29) is 17.3 Å². The average Bonchev–Trinajstić information content (AvgIpc) is 2.69. The van der Waals surface area contributed by atoms with Gasteiger partial charge in [-0.15, -0.1) is 0 Å². The van der Waals surface area contributed by atoms with Gasteiger partial charge in [-0.3, -0.25) is 9.48 Å². The van der Waals surface area contributed by atoms with E-state index in [1.165, 1.54) is 10.9 Å². The molecule has 0 aromatic carbocycles. The molecular formula is C11H21N5O3S. The summed E-state index contributed by atoms with van der Waals surface area (Å²) in [5.41, 5.74) is 9.83. The summed E-state index contributed by atoms with van der Waals surface area (Å²) < 4.78 is 28.1. The Bertz CT molecular complexity index is 591. The van der Waals surface area contributed by atoms with Gasteiger partial charge in [0.15, 0.2) is 5.82 Å². The van der Waals surface area contributed by atoms with Crippen LogP contribution in [0, 0.1) is 5.41 Å². The maximum absolute atomic E-state index is 12.1. The first-order chi connectivity index (χ1) is 9.10. The zero-order valence-electron chi connectivity index (χ0n) is 11.9. The molecule has 0 saturated carbocycles. The van der Waals surface area contributed by atoms with E-state index < -0.39 is 21.3 Å². The molecule has 0 fully saturated rings. The van der Waals surface area contributed by atoms with E-state index in [0.717, 1.165) is 6.42 Å². The van der Waals surface area contributed by atoms with Crippen LogP contribution in [-0.2, 0) is 21.4 Å². The summed E-state index contributed by atoms with van der Waals surface area (Å²) >= 11 is 0. The van der Waals surface area contributed by atoms with Crippen LogP contribution in [0.5, 0.6) is 0 Å². The molecule has 114 valence electrons. The Hall–Kier alpha value is -1.61. The standard InChI is InChI=1S/C11H21N5O3S/c1-4-5-16-6-8(9(12)15-16)20(18,19)14-7-11(2,3)10(13)17/h6,14H,4-5,7H2,1-3H3,(H2,12,15)(H2,13,17). The smallest absolute Gasteiger partial charge is 0.245 e. The normalized spacial score (nSPS) is 12.6. The Kier molecular flexibility index (Phi) is 4.77. The number of aromatic nitrogens is 2. The number of sulfonamides is 1. The topological polar surface area (TPSA) is 133 Å². The molecule has 0 saturated heterocycles. The minimum Gasteiger partial charge on any atom is -0.381 e. The lowest BCUT2D eigenvalue weighted by Gasteiger charge is -2.20. The molecule has 1 rings (SSSR count). The molecule has 1 amide bonds. The van der Waals surface area contributed by atoms with Crippen molar-refractivity contribution in [3.63, 3.8) is 0 Å². The van der Waals surface area contributed by atoms with Gasteiger partial charge in [-0.1, -0.05) is 6.92 Å². The van der Waals surface area contributed by atoms with Gasteiger partial charge in [-0.05, 0) is 20.3 Å². The number of rotatable bonds is 7. The number of nitrogens with one attached hydrogen (secondary N) is 1. The molecule has 1 heterocycles. The fourth-order valence-electron chi connectivity index (χ4n) is 1.41. The van der Waals surface area contributed by atoms with Gasteiger partial charge in [0, 0.05) is 19.3 Å². The van der Waals surface area contributed by atoms with Gasteiger partial charge in [-0.2, -0.15) is 5.10 Å². The molecule has 0 bridgehead atoms. The minimum atomic E-state index is -3.82. The SMILES string of the molecule is CCCn1cc(S(=O)(=O)NCC(C)(C)C(N)=O)c(N)n1. The minimum absolute atomic E-state index is 0.0668. The molecule has 0 aliphatic carbocycles. The van der Waals surface area contributed by atoms with Gasteiger partial charge in [0.1, 0.15) is 4.90 Å². The number of hydrogen-bond donors (Lipinski definition) is 3. The number of hydrogen-bond acceptors (Lipinski definition) is 5. The highest BCUT2D eigenvalue weighted by Crippen LogP contribution is 2.18. The second-order valence-corrected chi connectivity index (χ2v) is 6.95. The van der Waals surface area contributed by atoms with Crippen molar-refractivity contribution in [2.45, 2.75) is 38.6 Å². The summed E-state index contributed by atoms with van der Waals surface area (Å²) in [6.07, 6.45) is 2.18. The van der Waals surface area contributed by atoms with Crippen molar-refractivity contribution in [3.05, 3.63) is 6.20 Å². The number of aryl methyl sites for hydroxylation is 1. The Balaban J connectivity index is 2.92. The Morgan fingerprint density at radius 1 is 1.50 bits per heavy atom. The lowest BCUT2D eigenvalue weighted by atomic mass is 9.93. The summed E-state index contributed by atoms with van der Waals surface area (Å²) in [4.78, 5) is 11.1. The van der Waals surface area contributed by atoms with Gasteiger partial charge in [0.05, 0.1) is 5.41 Å². The summed E-state index contributed by atoms with van der Waals surface area (Å²) in [6.45, 7) is 5.53. The van der Waals surface area contributed by atoms with E-state index in [9.17, 15) is 13.2 Å². The lowest BCUT2D eigenvalue weighted by molar-refractivity contribution is -0.125. The number of carbonyl (C=O) groups excluding carboxylic acids is 1. The zero-order valence-corrected chi connectivity index (χ0v) is 12.7. The number of carbonyl (C=O) groups is 1. The van der Waals surface area contributed by atoms with Crippen LogP contribution in [0.15, 0.2) is 11.1 Å². The van der Waals surface area contributed by atoms with E-state index in [4.69, 9.17) is 11.5 Å². The van der Waals surface area contributed by atoms with Gasteiger partial charge >= 0.3 is 0 Å². The maximum atomic E-state index is 12.1.